The highest BCUT2D eigenvalue weighted by atomic mass is 16.5. The summed E-state index contributed by atoms with van der Waals surface area (Å²) in [4.78, 5) is 24.8. The van der Waals surface area contributed by atoms with Gasteiger partial charge in [-0.25, -0.2) is 0 Å². The fourth-order valence-electron chi connectivity index (χ4n) is 3.72. The summed E-state index contributed by atoms with van der Waals surface area (Å²) in [7, 11) is 4.51. The predicted molar refractivity (Wildman–Crippen MR) is 109 cm³/mol. The lowest BCUT2D eigenvalue weighted by Gasteiger charge is -2.15. The highest BCUT2D eigenvalue weighted by Crippen LogP contribution is 2.41. The van der Waals surface area contributed by atoms with Gasteiger partial charge in [0.2, 0.25) is 5.75 Å². The number of benzene rings is 2. The molecule has 154 valence electrons. The number of ether oxygens (including phenoxy) is 4. The first kappa shape index (κ1) is 20.5. The van der Waals surface area contributed by atoms with Crippen molar-refractivity contribution < 1.29 is 28.5 Å². The van der Waals surface area contributed by atoms with Crippen LogP contribution < -0.4 is 24.3 Å². The molecule has 0 heterocycles. The Morgan fingerprint density at radius 1 is 1.07 bits per heavy atom. The van der Waals surface area contributed by atoms with Gasteiger partial charge in [0, 0.05) is 24.2 Å². The molecular weight excluding hydrogens is 374 g/mol. The van der Waals surface area contributed by atoms with Gasteiger partial charge >= 0.3 is 0 Å². The Bertz CT molecular complexity index is 928. The first-order valence-corrected chi connectivity index (χ1v) is 9.28. The number of hydrogen-bond acceptors (Lipinski definition) is 6. The van der Waals surface area contributed by atoms with E-state index >= 15 is 0 Å². The molecule has 3 rings (SSSR count). The summed E-state index contributed by atoms with van der Waals surface area (Å²) in [6.45, 7) is 3.78. The van der Waals surface area contributed by atoms with E-state index in [1.165, 1.54) is 21.3 Å². The fourth-order valence-corrected chi connectivity index (χ4v) is 3.72. The lowest BCUT2D eigenvalue weighted by molar-refractivity contribution is -0.118. The van der Waals surface area contributed by atoms with Gasteiger partial charge in [-0.05, 0) is 30.0 Å². The van der Waals surface area contributed by atoms with Crippen LogP contribution in [-0.4, -0.2) is 39.6 Å². The quantitative estimate of drug-likeness (QED) is 0.764. The number of methoxy groups -OCH3 is 3. The van der Waals surface area contributed by atoms with E-state index in [0.29, 0.717) is 40.7 Å². The van der Waals surface area contributed by atoms with Gasteiger partial charge in [0.15, 0.2) is 23.9 Å². The van der Waals surface area contributed by atoms with E-state index in [4.69, 9.17) is 18.9 Å². The minimum atomic E-state index is -0.368. The Morgan fingerprint density at radius 3 is 2.31 bits per heavy atom. The lowest BCUT2D eigenvalue weighted by Crippen LogP contribution is -2.21. The molecule has 2 aromatic carbocycles. The van der Waals surface area contributed by atoms with Gasteiger partial charge in [0.1, 0.15) is 5.75 Å². The number of amides is 1. The highest BCUT2D eigenvalue weighted by Gasteiger charge is 2.31. The number of carbonyl (C=O) groups is 2. The van der Waals surface area contributed by atoms with Crippen LogP contribution in [0.4, 0.5) is 5.69 Å². The van der Waals surface area contributed by atoms with Crippen LogP contribution in [0, 0.1) is 6.92 Å². The van der Waals surface area contributed by atoms with E-state index in [1.54, 1.807) is 18.2 Å². The Labute approximate surface area is 169 Å². The Balaban J connectivity index is 1.74. The molecule has 0 unspecified atom stereocenters. The van der Waals surface area contributed by atoms with Crippen LogP contribution in [0.1, 0.15) is 40.7 Å². The zero-order valence-corrected chi connectivity index (χ0v) is 17.3. The monoisotopic (exact) mass is 399 g/mol. The molecule has 0 fully saturated rings. The van der Waals surface area contributed by atoms with Crippen molar-refractivity contribution in [1.82, 2.24) is 0 Å². The van der Waals surface area contributed by atoms with Crippen LogP contribution >= 0.6 is 0 Å². The molecule has 29 heavy (non-hydrogen) atoms. The molecule has 1 aliphatic rings. The largest absolute Gasteiger partial charge is 0.493 e. The molecule has 7 nitrogen and oxygen atoms in total. The summed E-state index contributed by atoms with van der Waals surface area (Å²) in [6.07, 6.45) is 0.466. The van der Waals surface area contributed by atoms with Crippen molar-refractivity contribution >= 4 is 17.4 Å². The second-order valence-electron chi connectivity index (χ2n) is 6.95. The summed E-state index contributed by atoms with van der Waals surface area (Å²) in [6, 6.07) is 6.93. The van der Waals surface area contributed by atoms with Crippen molar-refractivity contribution in [3.05, 3.63) is 41.0 Å². The Morgan fingerprint density at radius 2 is 1.72 bits per heavy atom. The smallest absolute Gasteiger partial charge is 0.262 e. The lowest BCUT2D eigenvalue weighted by atomic mass is 9.97. The van der Waals surface area contributed by atoms with Gasteiger partial charge in [-0.2, -0.15) is 0 Å². The number of hydrogen-bond donors (Lipinski definition) is 1. The Hall–Kier alpha value is -3.22. The average molecular weight is 399 g/mol. The third-order valence-electron chi connectivity index (χ3n) is 5.00. The highest BCUT2D eigenvalue weighted by molar-refractivity contribution is 6.04. The van der Waals surface area contributed by atoms with Gasteiger partial charge < -0.3 is 24.3 Å². The molecule has 0 spiro atoms. The SMILES string of the molecule is COc1cc(NC(=O)COc2ccc(C)c3c2C(=O)C[C@@H]3C)cc(OC)c1OC. The van der Waals surface area contributed by atoms with E-state index < -0.39 is 0 Å². The second-order valence-corrected chi connectivity index (χ2v) is 6.95. The van der Waals surface area contributed by atoms with Crippen molar-refractivity contribution in [3.63, 3.8) is 0 Å². The summed E-state index contributed by atoms with van der Waals surface area (Å²) in [5, 5.41) is 2.75. The molecule has 0 saturated carbocycles. The number of ketones is 1. The Kier molecular flexibility index (Phi) is 5.96. The summed E-state index contributed by atoms with van der Waals surface area (Å²) in [5.41, 5.74) is 3.15. The van der Waals surface area contributed by atoms with Crippen LogP contribution in [0.3, 0.4) is 0 Å². The standard InChI is InChI=1S/C22H25NO6/c1-12-6-7-16(21-15(24)8-13(2)20(12)21)29-11-19(25)23-14-9-17(26-3)22(28-5)18(10-14)27-4/h6-7,9-10,13H,8,11H2,1-5H3,(H,23,25)/t13-/m0/s1. The molecule has 0 bridgehead atoms. The third kappa shape index (κ3) is 3.99. The molecule has 0 aliphatic heterocycles. The predicted octanol–water partition coefficient (Wildman–Crippen LogP) is 3.73. The van der Waals surface area contributed by atoms with E-state index in [-0.39, 0.29) is 24.2 Å². The molecule has 1 aliphatic carbocycles. The summed E-state index contributed by atoms with van der Waals surface area (Å²) in [5.74, 6) is 1.59. The average Bonchev–Trinajstić information content (AvgIpc) is 3.01. The zero-order valence-electron chi connectivity index (χ0n) is 17.3. The second kappa shape index (κ2) is 8.43. The first-order valence-electron chi connectivity index (χ1n) is 9.28. The number of nitrogens with one attached hydrogen (secondary N) is 1. The molecule has 0 aromatic heterocycles. The van der Waals surface area contributed by atoms with Crippen LogP contribution in [-0.2, 0) is 4.79 Å². The minimum absolute atomic E-state index is 0.0521. The number of fused-ring (bicyclic) bond motifs is 1. The van der Waals surface area contributed by atoms with E-state index in [2.05, 4.69) is 5.32 Å². The molecular formula is C22H25NO6. The first-order chi connectivity index (χ1) is 13.9. The maximum absolute atomic E-state index is 12.4. The number of aryl methyl sites for hydroxylation is 1. The molecule has 1 amide bonds. The summed E-state index contributed by atoms with van der Waals surface area (Å²) >= 11 is 0. The van der Waals surface area contributed by atoms with Gasteiger partial charge in [-0.3, -0.25) is 9.59 Å². The number of anilines is 1. The van der Waals surface area contributed by atoms with Crippen molar-refractivity contribution in [2.24, 2.45) is 0 Å². The topological polar surface area (TPSA) is 83.1 Å². The summed E-state index contributed by atoms with van der Waals surface area (Å²) < 4.78 is 21.5. The van der Waals surface area contributed by atoms with Crippen LogP contribution in [0.25, 0.3) is 0 Å². The van der Waals surface area contributed by atoms with Gasteiger partial charge in [0.05, 0.1) is 26.9 Å². The minimum Gasteiger partial charge on any atom is -0.493 e. The van der Waals surface area contributed by atoms with Crippen molar-refractivity contribution in [2.45, 2.75) is 26.2 Å². The number of Topliss-reactive ketones (excluding diaryl/α,β-unsaturated/α-hetero) is 1. The molecule has 0 radical (unpaired) electrons. The number of rotatable bonds is 7. The van der Waals surface area contributed by atoms with Gasteiger partial charge in [-0.1, -0.05) is 13.0 Å². The molecule has 7 heteroatoms. The number of carbonyl (C=O) groups excluding carboxylic acids is 2. The third-order valence-corrected chi connectivity index (χ3v) is 5.00. The molecule has 1 atom stereocenters. The van der Waals surface area contributed by atoms with Gasteiger partial charge in [-0.15, -0.1) is 0 Å². The van der Waals surface area contributed by atoms with Crippen LogP contribution in [0.15, 0.2) is 24.3 Å². The van der Waals surface area contributed by atoms with E-state index in [0.717, 1.165) is 11.1 Å². The molecule has 2 aromatic rings. The molecule has 1 N–H and O–H groups in total. The zero-order chi connectivity index (χ0) is 21.1. The normalized spacial score (nSPS) is 14.9. The van der Waals surface area contributed by atoms with E-state index in [9.17, 15) is 9.59 Å². The van der Waals surface area contributed by atoms with Gasteiger partial charge in [0.25, 0.3) is 5.91 Å². The van der Waals surface area contributed by atoms with Crippen LogP contribution in [0.5, 0.6) is 23.0 Å². The van der Waals surface area contributed by atoms with Crippen molar-refractivity contribution in [2.75, 3.05) is 33.3 Å². The molecule has 0 saturated heterocycles. The maximum Gasteiger partial charge on any atom is 0.262 e. The van der Waals surface area contributed by atoms with Crippen molar-refractivity contribution in [3.8, 4) is 23.0 Å². The van der Waals surface area contributed by atoms with Crippen molar-refractivity contribution in [1.29, 1.82) is 0 Å². The fraction of sp³-hybridized carbons (Fsp3) is 0.364. The van der Waals surface area contributed by atoms with Crippen LogP contribution in [0.2, 0.25) is 0 Å². The van der Waals surface area contributed by atoms with E-state index in [1.807, 2.05) is 19.9 Å². The maximum atomic E-state index is 12.4.